The normalized spacial score (nSPS) is 19.1. The van der Waals surface area contributed by atoms with Gasteiger partial charge in [-0.25, -0.2) is 4.39 Å². The summed E-state index contributed by atoms with van der Waals surface area (Å²) in [5.41, 5.74) is -0.175. The molecule has 1 aromatic carbocycles. The molecule has 0 bridgehead atoms. The van der Waals surface area contributed by atoms with E-state index in [1.165, 1.54) is 6.07 Å². The predicted molar refractivity (Wildman–Crippen MR) is 53.9 cm³/mol. The van der Waals surface area contributed by atoms with Crippen molar-refractivity contribution in [3.63, 3.8) is 0 Å². The van der Waals surface area contributed by atoms with Crippen LogP contribution in [0.1, 0.15) is 24.8 Å². The van der Waals surface area contributed by atoms with Gasteiger partial charge in [-0.05, 0) is 30.9 Å². The lowest BCUT2D eigenvalue weighted by Gasteiger charge is -2.36. The SMILES string of the molecule is OC1(Cc2cccc(Cl)c2F)CCC1. The zero-order chi connectivity index (χ0) is 10.2. The van der Waals surface area contributed by atoms with E-state index in [4.69, 9.17) is 11.6 Å². The van der Waals surface area contributed by atoms with Crippen LogP contribution < -0.4 is 0 Å². The number of rotatable bonds is 2. The van der Waals surface area contributed by atoms with Crippen molar-refractivity contribution in [3.05, 3.63) is 34.6 Å². The molecule has 1 aliphatic carbocycles. The van der Waals surface area contributed by atoms with Gasteiger partial charge in [-0.3, -0.25) is 0 Å². The molecule has 0 heterocycles. The summed E-state index contributed by atoms with van der Waals surface area (Å²) in [6.07, 6.45) is 2.93. The van der Waals surface area contributed by atoms with Gasteiger partial charge < -0.3 is 5.11 Å². The number of halogens is 2. The number of hydrogen-bond donors (Lipinski definition) is 1. The maximum absolute atomic E-state index is 13.4. The Morgan fingerprint density at radius 1 is 1.43 bits per heavy atom. The van der Waals surface area contributed by atoms with Gasteiger partial charge in [0.15, 0.2) is 0 Å². The first kappa shape index (κ1) is 9.94. The molecule has 1 aromatic rings. The van der Waals surface area contributed by atoms with E-state index >= 15 is 0 Å². The van der Waals surface area contributed by atoms with Crippen molar-refractivity contribution in [1.29, 1.82) is 0 Å². The fraction of sp³-hybridized carbons (Fsp3) is 0.455. The van der Waals surface area contributed by atoms with E-state index in [-0.39, 0.29) is 5.02 Å². The van der Waals surface area contributed by atoms with E-state index in [0.717, 1.165) is 19.3 Å². The first-order valence-corrected chi connectivity index (χ1v) is 5.14. The number of benzene rings is 1. The Bertz CT molecular complexity index is 347. The van der Waals surface area contributed by atoms with Gasteiger partial charge in [0.2, 0.25) is 0 Å². The van der Waals surface area contributed by atoms with E-state index < -0.39 is 11.4 Å². The van der Waals surface area contributed by atoms with Gasteiger partial charge in [-0.1, -0.05) is 23.7 Å². The minimum Gasteiger partial charge on any atom is -0.390 e. The third-order valence-electron chi connectivity index (χ3n) is 2.84. The van der Waals surface area contributed by atoms with Crippen LogP contribution in [-0.4, -0.2) is 10.7 Å². The van der Waals surface area contributed by atoms with Crippen molar-refractivity contribution in [2.75, 3.05) is 0 Å². The Balaban J connectivity index is 2.20. The zero-order valence-corrected chi connectivity index (χ0v) is 8.52. The van der Waals surface area contributed by atoms with Gasteiger partial charge >= 0.3 is 0 Å². The van der Waals surface area contributed by atoms with Crippen molar-refractivity contribution in [2.45, 2.75) is 31.3 Å². The highest BCUT2D eigenvalue weighted by molar-refractivity contribution is 6.30. The lowest BCUT2D eigenvalue weighted by molar-refractivity contribution is -0.0329. The quantitative estimate of drug-likeness (QED) is 0.803. The highest BCUT2D eigenvalue weighted by atomic mass is 35.5. The fourth-order valence-electron chi connectivity index (χ4n) is 1.80. The maximum atomic E-state index is 13.4. The van der Waals surface area contributed by atoms with Crippen LogP contribution in [0.3, 0.4) is 0 Å². The highest BCUT2D eigenvalue weighted by Gasteiger charge is 2.35. The smallest absolute Gasteiger partial charge is 0.145 e. The van der Waals surface area contributed by atoms with Crippen molar-refractivity contribution < 1.29 is 9.50 Å². The second-order valence-corrected chi connectivity index (χ2v) is 4.37. The van der Waals surface area contributed by atoms with Gasteiger partial charge in [0.25, 0.3) is 0 Å². The standard InChI is InChI=1S/C11H12ClFO/c12-9-4-1-3-8(10(9)13)7-11(14)5-2-6-11/h1,3-4,14H,2,5-7H2. The van der Waals surface area contributed by atoms with Crippen molar-refractivity contribution in [2.24, 2.45) is 0 Å². The van der Waals surface area contributed by atoms with E-state index in [1.807, 2.05) is 0 Å². The molecule has 0 amide bonds. The summed E-state index contributed by atoms with van der Waals surface area (Å²) in [5.74, 6) is -0.394. The second-order valence-electron chi connectivity index (χ2n) is 3.97. The summed E-state index contributed by atoms with van der Waals surface area (Å²) < 4.78 is 13.4. The molecule has 0 unspecified atom stereocenters. The molecular formula is C11H12ClFO. The molecule has 1 nitrogen and oxygen atoms in total. The lowest BCUT2D eigenvalue weighted by Crippen LogP contribution is -2.39. The molecule has 0 atom stereocenters. The highest BCUT2D eigenvalue weighted by Crippen LogP contribution is 2.35. The molecule has 1 saturated carbocycles. The van der Waals surface area contributed by atoms with Crippen LogP contribution in [0.5, 0.6) is 0 Å². The van der Waals surface area contributed by atoms with Crippen LogP contribution >= 0.6 is 11.6 Å². The molecule has 1 fully saturated rings. The summed E-state index contributed by atoms with van der Waals surface area (Å²) in [7, 11) is 0. The molecule has 0 spiro atoms. The zero-order valence-electron chi connectivity index (χ0n) is 7.76. The molecule has 76 valence electrons. The Morgan fingerprint density at radius 2 is 2.14 bits per heavy atom. The van der Waals surface area contributed by atoms with Crippen LogP contribution in [0.4, 0.5) is 4.39 Å². The van der Waals surface area contributed by atoms with Crippen LogP contribution in [0.25, 0.3) is 0 Å². The summed E-state index contributed by atoms with van der Waals surface area (Å²) >= 11 is 5.65. The van der Waals surface area contributed by atoms with E-state index in [9.17, 15) is 9.50 Å². The van der Waals surface area contributed by atoms with Gasteiger partial charge in [-0.15, -0.1) is 0 Å². The maximum Gasteiger partial charge on any atom is 0.145 e. The van der Waals surface area contributed by atoms with Crippen molar-refractivity contribution in [3.8, 4) is 0 Å². The molecule has 0 aromatic heterocycles. The van der Waals surface area contributed by atoms with Gasteiger partial charge in [0, 0.05) is 6.42 Å². The summed E-state index contributed by atoms with van der Waals surface area (Å²) in [6.45, 7) is 0. The minimum absolute atomic E-state index is 0.130. The van der Waals surface area contributed by atoms with E-state index in [0.29, 0.717) is 12.0 Å². The van der Waals surface area contributed by atoms with Gasteiger partial charge in [-0.2, -0.15) is 0 Å². The molecule has 0 aliphatic heterocycles. The first-order valence-electron chi connectivity index (χ1n) is 4.76. The van der Waals surface area contributed by atoms with Crippen LogP contribution in [0.15, 0.2) is 18.2 Å². The minimum atomic E-state index is -0.689. The lowest BCUT2D eigenvalue weighted by atomic mass is 9.76. The third-order valence-corrected chi connectivity index (χ3v) is 3.13. The largest absolute Gasteiger partial charge is 0.390 e. The summed E-state index contributed by atoms with van der Waals surface area (Å²) in [6, 6.07) is 4.91. The monoisotopic (exact) mass is 214 g/mol. The van der Waals surface area contributed by atoms with Gasteiger partial charge in [0.1, 0.15) is 5.82 Å². The molecule has 1 N–H and O–H groups in total. The topological polar surface area (TPSA) is 20.2 Å². The Labute approximate surface area is 87.5 Å². The Kier molecular flexibility index (Phi) is 2.50. The molecular weight excluding hydrogens is 203 g/mol. The average Bonchev–Trinajstić information content (AvgIpc) is 2.10. The van der Waals surface area contributed by atoms with Gasteiger partial charge in [0.05, 0.1) is 10.6 Å². The molecule has 14 heavy (non-hydrogen) atoms. The van der Waals surface area contributed by atoms with Crippen LogP contribution in [0.2, 0.25) is 5.02 Å². The first-order chi connectivity index (χ1) is 6.61. The van der Waals surface area contributed by atoms with E-state index in [1.54, 1.807) is 12.1 Å². The second kappa shape index (κ2) is 3.52. The van der Waals surface area contributed by atoms with Crippen molar-refractivity contribution in [1.82, 2.24) is 0 Å². The third kappa shape index (κ3) is 1.77. The molecule has 0 saturated heterocycles. The Hall–Kier alpha value is -0.600. The molecule has 1 aliphatic rings. The molecule has 0 radical (unpaired) electrons. The van der Waals surface area contributed by atoms with Crippen molar-refractivity contribution >= 4 is 11.6 Å². The van der Waals surface area contributed by atoms with Crippen LogP contribution in [0, 0.1) is 5.82 Å². The summed E-state index contributed by atoms with van der Waals surface area (Å²) in [4.78, 5) is 0. The number of hydrogen-bond acceptors (Lipinski definition) is 1. The fourth-order valence-corrected chi connectivity index (χ4v) is 2.00. The summed E-state index contributed by atoms with van der Waals surface area (Å²) in [5, 5.41) is 10.00. The average molecular weight is 215 g/mol. The Morgan fingerprint density at radius 3 is 2.71 bits per heavy atom. The number of aliphatic hydroxyl groups is 1. The van der Waals surface area contributed by atoms with Crippen LogP contribution in [-0.2, 0) is 6.42 Å². The predicted octanol–water partition coefficient (Wildman–Crippen LogP) is 2.94. The molecule has 2 rings (SSSR count). The molecule has 3 heteroatoms. The van der Waals surface area contributed by atoms with E-state index in [2.05, 4.69) is 0 Å².